The van der Waals surface area contributed by atoms with Gasteiger partial charge >= 0.3 is 0 Å². The van der Waals surface area contributed by atoms with E-state index in [1.807, 2.05) is 24.3 Å². The van der Waals surface area contributed by atoms with Crippen LogP contribution in [0.4, 0.5) is 0 Å². The molecule has 1 aromatic carbocycles. The lowest BCUT2D eigenvalue weighted by atomic mass is 10.2. The van der Waals surface area contributed by atoms with Crippen LogP contribution in [0.1, 0.15) is 26.3 Å². The lowest BCUT2D eigenvalue weighted by Gasteiger charge is -2.37. The van der Waals surface area contributed by atoms with Crippen molar-refractivity contribution in [1.29, 1.82) is 0 Å². The average Bonchev–Trinajstić information content (AvgIpc) is 2.16. The van der Waals surface area contributed by atoms with Crippen LogP contribution in [0.5, 0.6) is 5.75 Å². The van der Waals surface area contributed by atoms with E-state index in [0.29, 0.717) is 6.54 Å². The third kappa shape index (κ3) is 2.86. The maximum absolute atomic E-state index is 6.25. The Hall–Kier alpha value is -0.803. The number of hydrogen-bond donors (Lipinski definition) is 1. The van der Waals surface area contributed by atoms with Crippen LogP contribution >= 0.6 is 0 Å². The minimum atomic E-state index is -1.75. The molecule has 0 aliphatic heterocycles. The number of benzene rings is 1. The lowest BCUT2D eigenvalue weighted by molar-refractivity contribution is 0.487. The van der Waals surface area contributed by atoms with E-state index >= 15 is 0 Å². The summed E-state index contributed by atoms with van der Waals surface area (Å²) in [7, 11) is -1.75. The monoisotopic (exact) mass is 237 g/mol. The van der Waals surface area contributed by atoms with Gasteiger partial charge in [0.15, 0.2) is 0 Å². The van der Waals surface area contributed by atoms with Gasteiger partial charge in [-0.1, -0.05) is 39.0 Å². The van der Waals surface area contributed by atoms with E-state index < -0.39 is 8.32 Å². The van der Waals surface area contributed by atoms with Crippen LogP contribution in [0, 0.1) is 0 Å². The van der Waals surface area contributed by atoms with Crippen molar-refractivity contribution in [3.63, 3.8) is 0 Å². The van der Waals surface area contributed by atoms with Crippen LogP contribution in [0.15, 0.2) is 24.3 Å². The average molecular weight is 237 g/mol. The fraction of sp³-hybridized carbons (Fsp3) is 0.538. The van der Waals surface area contributed by atoms with Gasteiger partial charge in [0, 0.05) is 12.1 Å². The van der Waals surface area contributed by atoms with E-state index in [1.54, 1.807) is 0 Å². The molecular formula is C13H23NOSi. The van der Waals surface area contributed by atoms with Gasteiger partial charge in [-0.2, -0.15) is 0 Å². The van der Waals surface area contributed by atoms with Crippen LogP contribution in [-0.2, 0) is 6.54 Å². The second-order valence-electron chi connectivity index (χ2n) is 5.67. The van der Waals surface area contributed by atoms with Gasteiger partial charge in [-0.3, -0.25) is 0 Å². The largest absolute Gasteiger partial charge is 0.543 e. The molecule has 0 fully saturated rings. The molecule has 0 bridgehead atoms. The molecule has 0 unspecified atom stereocenters. The zero-order valence-electron chi connectivity index (χ0n) is 11.0. The van der Waals surface area contributed by atoms with Crippen molar-refractivity contribution in [2.45, 2.75) is 45.4 Å². The molecule has 0 aromatic heterocycles. The highest BCUT2D eigenvalue weighted by molar-refractivity contribution is 6.74. The Kier molecular flexibility index (Phi) is 3.81. The third-order valence-corrected chi connectivity index (χ3v) is 7.71. The summed E-state index contributed by atoms with van der Waals surface area (Å²) in [5, 5.41) is 0.217. The predicted molar refractivity (Wildman–Crippen MR) is 72.2 cm³/mol. The maximum Gasteiger partial charge on any atom is 0.250 e. The minimum absolute atomic E-state index is 0.217. The van der Waals surface area contributed by atoms with E-state index in [2.05, 4.69) is 33.9 Å². The van der Waals surface area contributed by atoms with Crippen molar-refractivity contribution in [3.8, 4) is 5.75 Å². The molecule has 2 N–H and O–H groups in total. The summed E-state index contributed by atoms with van der Waals surface area (Å²) in [5.41, 5.74) is 6.80. The van der Waals surface area contributed by atoms with Gasteiger partial charge in [-0.25, -0.2) is 0 Å². The first-order chi connectivity index (χ1) is 7.28. The summed E-state index contributed by atoms with van der Waals surface area (Å²) in [5.74, 6) is 0.955. The second-order valence-corrected chi connectivity index (χ2v) is 10.4. The summed E-state index contributed by atoms with van der Waals surface area (Å²) in [6, 6.07) is 8.05. The van der Waals surface area contributed by atoms with Gasteiger partial charge in [0.25, 0.3) is 0 Å². The Balaban J connectivity index is 2.96. The normalized spacial score (nSPS) is 12.6. The second kappa shape index (κ2) is 4.59. The highest BCUT2D eigenvalue weighted by Crippen LogP contribution is 2.37. The highest BCUT2D eigenvalue weighted by Gasteiger charge is 2.39. The smallest absolute Gasteiger partial charge is 0.250 e. The number of rotatable bonds is 3. The molecule has 2 nitrogen and oxygen atoms in total. The Morgan fingerprint density at radius 2 is 1.75 bits per heavy atom. The van der Waals surface area contributed by atoms with Crippen LogP contribution in [-0.4, -0.2) is 8.32 Å². The zero-order chi connectivity index (χ0) is 12.4. The van der Waals surface area contributed by atoms with Crippen LogP contribution in [0.25, 0.3) is 0 Å². The number of para-hydroxylation sites is 1. The molecular weight excluding hydrogens is 214 g/mol. The Bertz CT molecular complexity index is 355. The van der Waals surface area contributed by atoms with Crippen molar-refractivity contribution in [2.75, 3.05) is 0 Å². The fourth-order valence-corrected chi connectivity index (χ4v) is 2.26. The maximum atomic E-state index is 6.25. The molecule has 90 valence electrons. The van der Waals surface area contributed by atoms with Crippen LogP contribution in [0.2, 0.25) is 18.1 Å². The van der Waals surface area contributed by atoms with Gasteiger partial charge in [0.05, 0.1) is 0 Å². The summed E-state index contributed by atoms with van der Waals surface area (Å²) in [6.45, 7) is 11.8. The van der Waals surface area contributed by atoms with Crippen molar-refractivity contribution >= 4 is 8.32 Å². The van der Waals surface area contributed by atoms with Crippen molar-refractivity contribution in [1.82, 2.24) is 0 Å². The van der Waals surface area contributed by atoms with Gasteiger partial charge in [0.1, 0.15) is 5.75 Å². The van der Waals surface area contributed by atoms with E-state index in [4.69, 9.17) is 10.2 Å². The highest BCUT2D eigenvalue weighted by atomic mass is 28.4. The first-order valence-corrected chi connectivity index (χ1v) is 8.66. The van der Waals surface area contributed by atoms with Gasteiger partial charge in [-0.05, 0) is 24.2 Å². The topological polar surface area (TPSA) is 35.2 Å². The molecule has 3 heteroatoms. The van der Waals surface area contributed by atoms with Crippen LogP contribution < -0.4 is 10.2 Å². The van der Waals surface area contributed by atoms with E-state index in [0.717, 1.165) is 11.3 Å². The molecule has 1 rings (SSSR count). The van der Waals surface area contributed by atoms with Crippen LogP contribution in [0.3, 0.4) is 0 Å². The molecule has 0 saturated carbocycles. The zero-order valence-corrected chi connectivity index (χ0v) is 12.0. The molecule has 0 amide bonds. The Morgan fingerprint density at radius 1 is 1.19 bits per heavy atom. The van der Waals surface area contributed by atoms with Crippen molar-refractivity contribution in [2.24, 2.45) is 5.73 Å². The third-order valence-electron chi connectivity index (χ3n) is 3.36. The quantitative estimate of drug-likeness (QED) is 0.816. The minimum Gasteiger partial charge on any atom is -0.543 e. The van der Waals surface area contributed by atoms with Gasteiger partial charge in [0.2, 0.25) is 8.32 Å². The number of hydrogen-bond acceptors (Lipinski definition) is 2. The predicted octanol–water partition coefficient (Wildman–Crippen LogP) is 3.53. The molecule has 0 radical (unpaired) electrons. The summed E-state index contributed by atoms with van der Waals surface area (Å²) >= 11 is 0. The molecule has 0 atom stereocenters. The first kappa shape index (κ1) is 13.3. The van der Waals surface area contributed by atoms with E-state index in [-0.39, 0.29) is 5.04 Å². The summed E-state index contributed by atoms with van der Waals surface area (Å²) in [4.78, 5) is 0. The molecule has 1 aromatic rings. The molecule has 0 heterocycles. The van der Waals surface area contributed by atoms with Crippen molar-refractivity contribution < 1.29 is 4.43 Å². The molecule has 16 heavy (non-hydrogen) atoms. The Labute approximate surface area is 99.9 Å². The number of nitrogens with two attached hydrogens (primary N) is 1. The molecule has 0 aliphatic carbocycles. The van der Waals surface area contributed by atoms with Gasteiger partial charge < -0.3 is 10.2 Å². The summed E-state index contributed by atoms with van der Waals surface area (Å²) < 4.78 is 6.25. The molecule has 0 saturated heterocycles. The fourth-order valence-electron chi connectivity index (χ4n) is 1.20. The first-order valence-electron chi connectivity index (χ1n) is 5.75. The van der Waals surface area contributed by atoms with E-state index in [1.165, 1.54) is 0 Å². The van der Waals surface area contributed by atoms with E-state index in [9.17, 15) is 0 Å². The van der Waals surface area contributed by atoms with Gasteiger partial charge in [-0.15, -0.1) is 0 Å². The SMILES string of the molecule is CC(C)(C)[Si](C)(C)Oc1ccccc1CN. The van der Waals surface area contributed by atoms with Crippen molar-refractivity contribution in [3.05, 3.63) is 29.8 Å². The molecule has 0 spiro atoms. The summed E-state index contributed by atoms with van der Waals surface area (Å²) in [6.07, 6.45) is 0. The standard InChI is InChI=1S/C13H23NOSi/c1-13(2,3)16(4,5)15-12-9-7-6-8-11(12)10-14/h6-9H,10,14H2,1-5H3. The lowest BCUT2D eigenvalue weighted by Crippen LogP contribution is -2.44. The molecule has 0 aliphatic rings. The Morgan fingerprint density at radius 3 is 2.25 bits per heavy atom.